The van der Waals surface area contributed by atoms with E-state index in [0.29, 0.717) is 34.2 Å². The highest BCUT2D eigenvalue weighted by molar-refractivity contribution is 6.10. The summed E-state index contributed by atoms with van der Waals surface area (Å²) in [5.41, 5.74) is 4.67. The molecule has 0 aliphatic rings. The molecule has 9 heteroatoms. The van der Waals surface area contributed by atoms with E-state index in [1.54, 1.807) is 44.4 Å². The van der Waals surface area contributed by atoms with Crippen LogP contribution in [0.25, 0.3) is 21.9 Å². The van der Waals surface area contributed by atoms with Crippen LogP contribution in [0.5, 0.6) is 17.2 Å². The first-order valence-electron chi connectivity index (χ1n) is 10.8. The topological polar surface area (TPSA) is 111 Å². The number of benzene rings is 3. The number of fused-ring (bicyclic) bond motifs is 3. The van der Waals surface area contributed by atoms with E-state index in [4.69, 9.17) is 18.6 Å². The van der Waals surface area contributed by atoms with Crippen molar-refractivity contribution in [2.24, 2.45) is 5.10 Å². The van der Waals surface area contributed by atoms with E-state index in [2.05, 4.69) is 15.8 Å². The van der Waals surface area contributed by atoms with Gasteiger partial charge in [0.15, 0.2) is 6.61 Å². The van der Waals surface area contributed by atoms with Gasteiger partial charge in [-0.1, -0.05) is 18.2 Å². The van der Waals surface area contributed by atoms with Crippen LogP contribution in [-0.4, -0.2) is 38.4 Å². The molecule has 0 spiro atoms. The number of carbonyl (C=O) groups excluding carboxylic acids is 2. The Kier molecular flexibility index (Phi) is 7.15. The van der Waals surface area contributed by atoms with Crippen LogP contribution in [-0.2, 0) is 9.59 Å². The number of nitrogens with zero attached hydrogens (tertiary/aromatic N) is 1. The summed E-state index contributed by atoms with van der Waals surface area (Å²) in [6.07, 6.45) is -0.0268. The number of hydrogen-bond donors (Lipinski definition) is 2. The number of methoxy groups -OCH3 is 2. The fourth-order valence-corrected chi connectivity index (χ4v) is 3.50. The smallest absolute Gasteiger partial charge is 0.277 e. The molecule has 2 N–H and O–H groups in total. The number of para-hydroxylation sites is 1. The third-order valence-electron chi connectivity index (χ3n) is 5.19. The van der Waals surface area contributed by atoms with Gasteiger partial charge in [-0.2, -0.15) is 5.10 Å². The highest BCUT2D eigenvalue weighted by Crippen LogP contribution is 2.36. The summed E-state index contributed by atoms with van der Waals surface area (Å²) in [6, 6.07) is 18.1. The third-order valence-corrected chi connectivity index (χ3v) is 5.19. The van der Waals surface area contributed by atoms with Crippen LogP contribution in [0.2, 0.25) is 0 Å². The average Bonchev–Trinajstić information content (AvgIpc) is 3.23. The molecule has 0 aliphatic carbocycles. The molecule has 3 aromatic carbocycles. The van der Waals surface area contributed by atoms with Gasteiger partial charge in [-0.3, -0.25) is 9.59 Å². The zero-order valence-electron chi connectivity index (χ0n) is 19.6. The van der Waals surface area contributed by atoms with Crippen LogP contribution in [0.3, 0.4) is 0 Å². The molecule has 0 aliphatic heterocycles. The molecule has 0 fully saturated rings. The number of amides is 2. The van der Waals surface area contributed by atoms with Crippen molar-refractivity contribution in [3.05, 3.63) is 60.7 Å². The van der Waals surface area contributed by atoms with Gasteiger partial charge in [-0.05, 0) is 43.3 Å². The van der Waals surface area contributed by atoms with E-state index >= 15 is 0 Å². The second kappa shape index (κ2) is 10.6. The predicted molar refractivity (Wildman–Crippen MR) is 133 cm³/mol. The van der Waals surface area contributed by atoms with Crippen molar-refractivity contribution >= 4 is 45.2 Å². The SMILES string of the molecule is COc1ccc(OCC(=O)NN=C(C)CC(=O)Nc2cc3oc4ccccc4c3cc2OC)cc1. The zero-order chi connectivity index (χ0) is 24.8. The first-order chi connectivity index (χ1) is 17.0. The van der Waals surface area contributed by atoms with Crippen molar-refractivity contribution < 1.29 is 28.2 Å². The molecule has 0 atom stereocenters. The standard InChI is InChI=1S/C26H25N3O6/c1-16(28-29-26(31)15-34-18-10-8-17(32-2)9-11-18)12-25(30)27-21-14-23-20(13-24(21)33-3)19-6-4-5-7-22(19)35-23/h4-11,13-14H,12,15H2,1-3H3,(H,27,30)(H,29,31). The van der Waals surface area contributed by atoms with Gasteiger partial charge in [-0.15, -0.1) is 0 Å². The Labute approximate surface area is 201 Å². The molecule has 35 heavy (non-hydrogen) atoms. The highest BCUT2D eigenvalue weighted by atomic mass is 16.5. The van der Waals surface area contributed by atoms with E-state index in [1.807, 2.05) is 30.3 Å². The van der Waals surface area contributed by atoms with Crippen molar-refractivity contribution in [1.29, 1.82) is 0 Å². The van der Waals surface area contributed by atoms with E-state index in [1.165, 1.54) is 7.11 Å². The number of anilines is 1. The average molecular weight is 476 g/mol. The lowest BCUT2D eigenvalue weighted by Crippen LogP contribution is -2.26. The Hall–Kier alpha value is -4.53. The van der Waals surface area contributed by atoms with Gasteiger partial charge in [0.2, 0.25) is 5.91 Å². The number of ether oxygens (including phenoxy) is 3. The summed E-state index contributed by atoms with van der Waals surface area (Å²) in [5, 5.41) is 8.66. The fraction of sp³-hybridized carbons (Fsp3) is 0.192. The molecule has 2 amide bonds. The number of furan rings is 1. The Morgan fingerprint density at radius 1 is 0.886 bits per heavy atom. The number of nitrogens with one attached hydrogen (secondary N) is 2. The van der Waals surface area contributed by atoms with Crippen LogP contribution < -0.4 is 25.0 Å². The molecule has 0 saturated carbocycles. The van der Waals surface area contributed by atoms with Gasteiger partial charge in [0.05, 0.1) is 26.3 Å². The lowest BCUT2D eigenvalue weighted by atomic mass is 10.1. The van der Waals surface area contributed by atoms with Crippen LogP contribution >= 0.6 is 0 Å². The Morgan fingerprint density at radius 2 is 1.63 bits per heavy atom. The van der Waals surface area contributed by atoms with Gasteiger partial charge in [0.1, 0.15) is 28.4 Å². The lowest BCUT2D eigenvalue weighted by molar-refractivity contribution is -0.123. The maximum absolute atomic E-state index is 12.6. The minimum atomic E-state index is -0.447. The van der Waals surface area contributed by atoms with Gasteiger partial charge < -0.3 is 23.9 Å². The molecule has 9 nitrogen and oxygen atoms in total. The summed E-state index contributed by atoms with van der Waals surface area (Å²) < 4.78 is 21.8. The highest BCUT2D eigenvalue weighted by Gasteiger charge is 2.14. The molecule has 0 radical (unpaired) electrons. The van der Waals surface area contributed by atoms with E-state index < -0.39 is 5.91 Å². The van der Waals surface area contributed by atoms with Crippen molar-refractivity contribution in [3.63, 3.8) is 0 Å². The maximum atomic E-state index is 12.6. The van der Waals surface area contributed by atoms with Crippen LogP contribution in [0.1, 0.15) is 13.3 Å². The summed E-state index contributed by atoms with van der Waals surface area (Å²) in [4.78, 5) is 24.6. The molecule has 180 valence electrons. The van der Waals surface area contributed by atoms with Crippen molar-refractivity contribution in [2.45, 2.75) is 13.3 Å². The minimum absolute atomic E-state index is 0.0268. The van der Waals surface area contributed by atoms with Crippen LogP contribution in [0.15, 0.2) is 70.2 Å². The van der Waals surface area contributed by atoms with Gasteiger partial charge in [-0.25, -0.2) is 5.43 Å². The maximum Gasteiger partial charge on any atom is 0.277 e. The Balaban J connectivity index is 1.34. The van der Waals surface area contributed by atoms with Crippen molar-refractivity contribution in [3.8, 4) is 17.2 Å². The molecule has 1 aromatic heterocycles. The molecule has 0 bridgehead atoms. The molecule has 4 rings (SSSR count). The largest absolute Gasteiger partial charge is 0.497 e. The monoisotopic (exact) mass is 475 g/mol. The van der Waals surface area contributed by atoms with Crippen LogP contribution in [0, 0.1) is 0 Å². The summed E-state index contributed by atoms with van der Waals surface area (Å²) in [5.74, 6) is 0.962. The zero-order valence-corrected chi connectivity index (χ0v) is 19.6. The normalized spacial score (nSPS) is 11.3. The molecular weight excluding hydrogens is 450 g/mol. The second-order valence-corrected chi connectivity index (χ2v) is 7.72. The number of carbonyl (C=O) groups is 2. The number of hydrazone groups is 1. The Bertz CT molecular complexity index is 1390. The third kappa shape index (κ3) is 5.70. The summed E-state index contributed by atoms with van der Waals surface area (Å²) in [7, 11) is 3.11. The van der Waals surface area contributed by atoms with Gasteiger partial charge >= 0.3 is 0 Å². The fourth-order valence-electron chi connectivity index (χ4n) is 3.50. The van der Waals surface area contributed by atoms with E-state index in [9.17, 15) is 9.59 Å². The summed E-state index contributed by atoms with van der Waals surface area (Å²) in [6.45, 7) is 1.42. The van der Waals surface area contributed by atoms with Crippen molar-refractivity contribution in [2.75, 3.05) is 26.1 Å². The quantitative estimate of drug-likeness (QED) is 0.272. The minimum Gasteiger partial charge on any atom is -0.497 e. The summed E-state index contributed by atoms with van der Waals surface area (Å²) >= 11 is 0. The predicted octanol–water partition coefficient (Wildman–Crippen LogP) is 4.50. The van der Waals surface area contributed by atoms with Crippen LogP contribution in [0.4, 0.5) is 5.69 Å². The number of hydrogen-bond acceptors (Lipinski definition) is 7. The molecular formula is C26H25N3O6. The Morgan fingerprint density at radius 3 is 2.37 bits per heavy atom. The van der Waals surface area contributed by atoms with E-state index in [0.717, 1.165) is 16.4 Å². The molecule has 0 unspecified atom stereocenters. The van der Waals surface area contributed by atoms with Gasteiger partial charge in [0.25, 0.3) is 5.91 Å². The van der Waals surface area contributed by atoms with Crippen molar-refractivity contribution in [1.82, 2.24) is 5.43 Å². The first kappa shape index (κ1) is 23.6. The first-order valence-corrected chi connectivity index (χ1v) is 10.8. The molecule has 1 heterocycles. The molecule has 0 saturated heterocycles. The van der Waals surface area contributed by atoms with E-state index in [-0.39, 0.29) is 18.9 Å². The number of rotatable bonds is 9. The van der Waals surface area contributed by atoms with Gasteiger partial charge in [0, 0.05) is 22.6 Å². The second-order valence-electron chi connectivity index (χ2n) is 7.72. The molecule has 4 aromatic rings. The lowest BCUT2D eigenvalue weighted by Gasteiger charge is -2.10.